The summed E-state index contributed by atoms with van der Waals surface area (Å²) in [6.45, 7) is 2.31. The fraction of sp³-hybridized carbons (Fsp3) is 0.176. The highest BCUT2D eigenvalue weighted by Gasteiger charge is 2.20. The molecule has 3 aromatic rings. The Morgan fingerprint density at radius 3 is 2.35 bits per heavy atom. The first-order valence-corrected chi connectivity index (χ1v) is 8.94. The van der Waals surface area contributed by atoms with Crippen molar-refractivity contribution in [3.05, 3.63) is 70.6 Å². The summed E-state index contributed by atoms with van der Waals surface area (Å²) >= 11 is 0. The molecule has 1 heterocycles. The van der Waals surface area contributed by atoms with Crippen LogP contribution in [0, 0.1) is 0 Å². The van der Waals surface area contributed by atoms with Crippen molar-refractivity contribution in [2.24, 2.45) is 0 Å². The van der Waals surface area contributed by atoms with E-state index in [-0.39, 0.29) is 16.1 Å². The molecule has 1 aromatic heterocycles. The summed E-state index contributed by atoms with van der Waals surface area (Å²) in [7, 11) is -3.61. The highest BCUT2D eigenvalue weighted by molar-refractivity contribution is 7.90. The molecular formula is C17H16N2O3S. The molecule has 0 radical (unpaired) electrons. The number of aryl methyl sites for hydroxylation is 1. The summed E-state index contributed by atoms with van der Waals surface area (Å²) in [4.78, 5) is 17.0. The molecule has 0 N–H and O–H groups in total. The summed E-state index contributed by atoms with van der Waals surface area (Å²) in [5.41, 5.74) is 1.02. The maximum atomic E-state index is 12.6. The summed E-state index contributed by atoms with van der Waals surface area (Å²) in [6.07, 6.45) is 0. The van der Waals surface area contributed by atoms with Crippen molar-refractivity contribution in [3.63, 3.8) is 0 Å². The van der Waals surface area contributed by atoms with Crippen molar-refractivity contribution in [3.8, 4) is 0 Å². The normalized spacial score (nSPS) is 11.7. The smallest absolute Gasteiger partial charge is 0.273 e. The SMILES string of the molecule is CCn1c(=O)c(CS(=O)(=O)c2ccccc2)nc2ccccc21. The summed E-state index contributed by atoms with van der Waals surface area (Å²) in [6, 6.07) is 15.3. The summed E-state index contributed by atoms with van der Waals surface area (Å²) < 4.78 is 26.6. The Hall–Kier alpha value is -2.47. The van der Waals surface area contributed by atoms with E-state index in [1.54, 1.807) is 28.8 Å². The number of sulfone groups is 1. The second-order valence-corrected chi connectivity index (χ2v) is 7.16. The minimum atomic E-state index is -3.61. The van der Waals surface area contributed by atoms with Gasteiger partial charge in [0, 0.05) is 6.54 Å². The van der Waals surface area contributed by atoms with Gasteiger partial charge in [0.2, 0.25) is 0 Å². The summed E-state index contributed by atoms with van der Waals surface area (Å²) in [5.74, 6) is -0.402. The van der Waals surface area contributed by atoms with E-state index in [9.17, 15) is 13.2 Å². The van der Waals surface area contributed by atoms with Gasteiger partial charge in [0.1, 0.15) is 11.4 Å². The Kier molecular flexibility index (Phi) is 4.00. The van der Waals surface area contributed by atoms with Gasteiger partial charge in [-0.2, -0.15) is 0 Å². The molecule has 118 valence electrons. The third kappa shape index (κ3) is 2.90. The maximum Gasteiger partial charge on any atom is 0.273 e. The molecule has 5 nitrogen and oxygen atoms in total. The molecule has 0 saturated heterocycles. The molecule has 0 unspecified atom stereocenters. The van der Waals surface area contributed by atoms with E-state index in [1.165, 1.54) is 12.1 Å². The lowest BCUT2D eigenvalue weighted by molar-refractivity contribution is 0.593. The first-order valence-electron chi connectivity index (χ1n) is 7.29. The van der Waals surface area contributed by atoms with Gasteiger partial charge in [-0.15, -0.1) is 0 Å². The number of nitrogens with zero attached hydrogens (tertiary/aromatic N) is 2. The average Bonchev–Trinajstić information content (AvgIpc) is 2.56. The number of para-hydroxylation sites is 2. The number of hydrogen-bond donors (Lipinski definition) is 0. The molecule has 0 saturated carbocycles. The molecule has 0 aliphatic carbocycles. The van der Waals surface area contributed by atoms with Crippen LogP contribution in [0.1, 0.15) is 12.6 Å². The van der Waals surface area contributed by atoms with Crippen LogP contribution < -0.4 is 5.56 Å². The van der Waals surface area contributed by atoms with Gasteiger partial charge in [0.05, 0.1) is 15.9 Å². The fourth-order valence-electron chi connectivity index (χ4n) is 2.54. The zero-order valence-corrected chi connectivity index (χ0v) is 13.5. The largest absolute Gasteiger partial charge is 0.305 e. The average molecular weight is 328 g/mol. The monoisotopic (exact) mass is 328 g/mol. The van der Waals surface area contributed by atoms with Crippen molar-refractivity contribution >= 4 is 20.9 Å². The molecule has 3 rings (SSSR count). The van der Waals surface area contributed by atoms with Crippen LogP contribution in [0.2, 0.25) is 0 Å². The van der Waals surface area contributed by atoms with Crippen LogP contribution in [-0.4, -0.2) is 18.0 Å². The van der Waals surface area contributed by atoms with Crippen molar-refractivity contribution in [2.45, 2.75) is 24.1 Å². The lowest BCUT2D eigenvalue weighted by Crippen LogP contribution is -2.27. The standard InChI is InChI=1S/C17H16N2O3S/c1-2-19-16-11-7-6-10-14(16)18-15(17(19)20)12-23(21,22)13-8-4-3-5-9-13/h3-11H,2,12H2,1H3. The maximum absolute atomic E-state index is 12.6. The molecule has 2 aromatic carbocycles. The lowest BCUT2D eigenvalue weighted by atomic mass is 10.3. The quantitative estimate of drug-likeness (QED) is 0.737. The minimum absolute atomic E-state index is 0.0504. The number of rotatable bonds is 4. The van der Waals surface area contributed by atoms with Gasteiger partial charge in [-0.25, -0.2) is 13.4 Å². The fourth-order valence-corrected chi connectivity index (χ4v) is 3.83. The Labute approximate surface area is 134 Å². The molecule has 0 fully saturated rings. The van der Waals surface area contributed by atoms with Gasteiger partial charge in [-0.1, -0.05) is 30.3 Å². The molecule has 0 aliphatic rings. The van der Waals surface area contributed by atoms with Crippen LogP contribution in [0.25, 0.3) is 11.0 Å². The third-order valence-corrected chi connectivity index (χ3v) is 5.31. The molecule has 6 heteroatoms. The van der Waals surface area contributed by atoms with E-state index < -0.39 is 15.6 Å². The van der Waals surface area contributed by atoms with Gasteiger partial charge in [0.25, 0.3) is 5.56 Å². The highest BCUT2D eigenvalue weighted by atomic mass is 32.2. The Morgan fingerprint density at radius 2 is 1.65 bits per heavy atom. The van der Waals surface area contributed by atoms with Crippen LogP contribution in [0.4, 0.5) is 0 Å². The van der Waals surface area contributed by atoms with Gasteiger partial charge in [-0.05, 0) is 31.2 Å². The van der Waals surface area contributed by atoms with Gasteiger partial charge in [-0.3, -0.25) is 4.79 Å². The molecular weight excluding hydrogens is 312 g/mol. The number of benzene rings is 2. The van der Waals surface area contributed by atoms with Gasteiger partial charge < -0.3 is 4.57 Å². The number of aromatic nitrogens is 2. The van der Waals surface area contributed by atoms with E-state index in [0.29, 0.717) is 17.6 Å². The number of fused-ring (bicyclic) bond motifs is 1. The van der Waals surface area contributed by atoms with E-state index in [1.807, 2.05) is 25.1 Å². The number of hydrogen-bond acceptors (Lipinski definition) is 4. The second kappa shape index (κ2) is 5.96. The molecule has 23 heavy (non-hydrogen) atoms. The second-order valence-electron chi connectivity index (χ2n) is 5.17. The third-order valence-electron chi connectivity index (χ3n) is 3.67. The van der Waals surface area contributed by atoms with E-state index in [2.05, 4.69) is 4.98 Å². The highest BCUT2D eigenvalue weighted by Crippen LogP contribution is 2.16. The van der Waals surface area contributed by atoms with E-state index in [0.717, 1.165) is 0 Å². The molecule has 0 atom stereocenters. The first kappa shape index (κ1) is 15.4. The van der Waals surface area contributed by atoms with Crippen molar-refractivity contribution in [1.29, 1.82) is 0 Å². The zero-order chi connectivity index (χ0) is 16.4. The van der Waals surface area contributed by atoms with Crippen LogP contribution in [0.3, 0.4) is 0 Å². The first-order chi connectivity index (χ1) is 11.0. The zero-order valence-electron chi connectivity index (χ0n) is 12.6. The summed E-state index contributed by atoms with van der Waals surface area (Å²) in [5, 5.41) is 0. The van der Waals surface area contributed by atoms with Crippen LogP contribution in [0.5, 0.6) is 0 Å². The lowest BCUT2D eigenvalue weighted by Gasteiger charge is -2.10. The molecule has 0 aliphatic heterocycles. The molecule has 0 amide bonds. The van der Waals surface area contributed by atoms with Gasteiger partial charge in [0.15, 0.2) is 9.84 Å². The molecule has 0 bridgehead atoms. The molecule has 0 spiro atoms. The van der Waals surface area contributed by atoms with Crippen LogP contribution >= 0.6 is 0 Å². The predicted molar refractivity (Wildman–Crippen MR) is 89.0 cm³/mol. The van der Waals surface area contributed by atoms with E-state index >= 15 is 0 Å². The Balaban J connectivity index is 2.14. The Morgan fingerprint density at radius 1 is 1.00 bits per heavy atom. The van der Waals surface area contributed by atoms with Crippen LogP contribution in [0.15, 0.2) is 64.3 Å². The van der Waals surface area contributed by atoms with Crippen molar-refractivity contribution in [1.82, 2.24) is 9.55 Å². The van der Waals surface area contributed by atoms with Crippen molar-refractivity contribution < 1.29 is 8.42 Å². The van der Waals surface area contributed by atoms with Crippen molar-refractivity contribution in [2.75, 3.05) is 0 Å². The van der Waals surface area contributed by atoms with Crippen LogP contribution in [-0.2, 0) is 22.1 Å². The topological polar surface area (TPSA) is 69.0 Å². The minimum Gasteiger partial charge on any atom is -0.305 e. The van der Waals surface area contributed by atoms with E-state index in [4.69, 9.17) is 0 Å². The Bertz CT molecular complexity index is 1010. The predicted octanol–water partition coefficient (Wildman–Crippen LogP) is 2.39. The van der Waals surface area contributed by atoms with Gasteiger partial charge >= 0.3 is 0 Å².